The fraction of sp³-hybridized carbons (Fsp3) is 0.174. The lowest BCUT2D eigenvalue weighted by Gasteiger charge is -2.30. The first-order valence-corrected chi connectivity index (χ1v) is 10.1. The zero-order chi connectivity index (χ0) is 17.9. The Hall–Kier alpha value is -2.03. The van der Waals surface area contributed by atoms with Gasteiger partial charge < -0.3 is 0 Å². The summed E-state index contributed by atoms with van der Waals surface area (Å²) >= 11 is 7.85. The highest BCUT2D eigenvalue weighted by molar-refractivity contribution is 7.99. The molecule has 0 fully saturated rings. The lowest BCUT2D eigenvalue weighted by molar-refractivity contribution is 0.0899. The highest BCUT2D eigenvalue weighted by atomic mass is 35.5. The third kappa shape index (κ3) is 3.58. The smallest absolute Gasteiger partial charge is 0.167 e. The van der Waals surface area contributed by atoms with Gasteiger partial charge in [0.15, 0.2) is 5.78 Å². The monoisotopic (exact) mass is 378 g/mol. The maximum atomic E-state index is 13.2. The summed E-state index contributed by atoms with van der Waals surface area (Å²) in [6, 6.07) is 26.3. The summed E-state index contributed by atoms with van der Waals surface area (Å²) in [6.07, 6.45) is 1.83. The van der Waals surface area contributed by atoms with Crippen LogP contribution in [0.25, 0.3) is 0 Å². The first kappa shape index (κ1) is 17.4. The van der Waals surface area contributed by atoms with Crippen molar-refractivity contribution in [1.82, 2.24) is 0 Å². The topological polar surface area (TPSA) is 17.1 Å². The van der Waals surface area contributed by atoms with Gasteiger partial charge in [0, 0.05) is 26.6 Å². The van der Waals surface area contributed by atoms with Crippen LogP contribution in [0.2, 0.25) is 5.02 Å². The van der Waals surface area contributed by atoms with Gasteiger partial charge in [-0.05, 0) is 48.2 Å². The molecule has 0 bridgehead atoms. The van der Waals surface area contributed by atoms with Crippen molar-refractivity contribution in [2.45, 2.75) is 23.0 Å². The van der Waals surface area contributed by atoms with Crippen molar-refractivity contribution in [3.05, 3.63) is 101 Å². The summed E-state index contributed by atoms with van der Waals surface area (Å²) in [6.45, 7) is 0. The van der Waals surface area contributed by atoms with Gasteiger partial charge in [-0.2, -0.15) is 0 Å². The molecule has 0 spiro atoms. The van der Waals surface area contributed by atoms with Crippen LogP contribution in [0.1, 0.15) is 33.2 Å². The maximum Gasteiger partial charge on any atom is 0.167 e. The Bertz CT molecular complexity index is 905. The normalized spacial score (nSPS) is 17.6. The molecule has 0 amide bonds. The molecule has 0 aromatic heterocycles. The molecular weight excluding hydrogens is 360 g/mol. The van der Waals surface area contributed by atoms with Gasteiger partial charge >= 0.3 is 0 Å². The van der Waals surface area contributed by atoms with Crippen LogP contribution in [0.3, 0.4) is 0 Å². The summed E-state index contributed by atoms with van der Waals surface area (Å²) in [5.41, 5.74) is 3.21. The fourth-order valence-corrected chi connectivity index (χ4v) is 5.04. The van der Waals surface area contributed by atoms with Crippen molar-refractivity contribution in [2.75, 3.05) is 0 Å². The number of thioether (sulfide) groups is 1. The van der Waals surface area contributed by atoms with Crippen LogP contribution in [-0.4, -0.2) is 5.78 Å². The van der Waals surface area contributed by atoms with Gasteiger partial charge in [-0.15, -0.1) is 11.8 Å². The van der Waals surface area contributed by atoms with Crippen molar-refractivity contribution in [2.24, 2.45) is 5.92 Å². The zero-order valence-corrected chi connectivity index (χ0v) is 15.8. The molecule has 0 heterocycles. The molecule has 3 aromatic rings. The molecule has 1 nitrogen and oxygen atoms in total. The molecule has 0 saturated carbocycles. The Balaban J connectivity index is 1.71. The lowest BCUT2D eigenvalue weighted by Crippen LogP contribution is -2.27. The average Bonchev–Trinajstić information content (AvgIpc) is 2.69. The molecular formula is C23H19ClOS. The molecule has 130 valence electrons. The SMILES string of the molecule is O=C1c2ccccc2CC[C@@H]1[C@@H](Sc1ccccc1)c1ccc(Cl)cc1. The number of halogens is 1. The molecule has 26 heavy (non-hydrogen) atoms. The van der Waals surface area contributed by atoms with Gasteiger partial charge in [-0.1, -0.05) is 66.2 Å². The van der Waals surface area contributed by atoms with Gasteiger partial charge in [0.1, 0.15) is 0 Å². The van der Waals surface area contributed by atoms with Gasteiger partial charge in [0.05, 0.1) is 0 Å². The molecule has 0 aliphatic heterocycles. The second-order valence-electron chi connectivity index (χ2n) is 6.57. The highest BCUT2D eigenvalue weighted by Gasteiger charge is 2.34. The molecule has 3 heteroatoms. The van der Waals surface area contributed by atoms with Crippen molar-refractivity contribution >= 4 is 29.1 Å². The van der Waals surface area contributed by atoms with Crippen LogP contribution in [0, 0.1) is 5.92 Å². The Morgan fingerprint density at radius 2 is 1.58 bits per heavy atom. The van der Waals surface area contributed by atoms with Gasteiger partial charge in [-0.3, -0.25) is 4.79 Å². The summed E-state index contributed by atoms with van der Waals surface area (Å²) in [5.74, 6) is 0.228. The molecule has 1 aliphatic carbocycles. The predicted octanol–water partition coefficient (Wildman–Crippen LogP) is 6.62. The van der Waals surface area contributed by atoms with E-state index in [1.807, 2.05) is 48.5 Å². The second-order valence-corrected chi connectivity index (χ2v) is 8.22. The average molecular weight is 379 g/mol. The summed E-state index contributed by atoms with van der Waals surface area (Å²) in [5, 5.41) is 0.799. The summed E-state index contributed by atoms with van der Waals surface area (Å²) in [4.78, 5) is 14.4. The van der Waals surface area contributed by atoms with E-state index in [9.17, 15) is 4.79 Å². The molecule has 1 aliphatic rings. The van der Waals surface area contributed by atoms with E-state index >= 15 is 0 Å². The first-order valence-electron chi connectivity index (χ1n) is 8.81. The van der Waals surface area contributed by atoms with E-state index in [1.165, 1.54) is 10.5 Å². The van der Waals surface area contributed by atoms with Crippen LogP contribution in [0.4, 0.5) is 0 Å². The number of rotatable bonds is 4. The van der Waals surface area contributed by atoms with Crippen molar-refractivity contribution in [3.8, 4) is 0 Å². The van der Waals surface area contributed by atoms with E-state index in [1.54, 1.807) is 11.8 Å². The van der Waals surface area contributed by atoms with E-state index in [0.29, 0.717) is 0 Å². The van der Waals surface area contributed by atoms with E-state index in [2.05, 4.69) is 30.3 Å². The number of hydrogen-bond donors (Lipinski definition) is 0. The number of carbonyl (C=O) groups is 1. The standard InChI is InChI=1S/C23H19ClOS/c24-18-13-10-17(11-14-18)23(26-19-7-2-1-3-8-19)21-15-12-16-6-4-5-9-20(16)22(21)25/h1-11,13-14,21,23H,12,15H2/t21-,23-/m0/s1. The summed E-state index contributed by atoms with van der Waals surface area (Å²) in [7, 11) is 0. The molecule has 0 saturated heterocycles. The molecule has 3 aromatic carbocycles. The van der Waals surface area contributed by atoms with Crippen LogP contribution in [0.15, 0.2) is 83.8 Å². The van der Waals surface area contributed by atoms with E-state index in [0.717, 1.165) is 29.0 Å². The van der Waals surface area contributed by atoms with Gasteiger partial charge in [0.25, 0.3) is 0 Å². The Kier molecular flexibility index (Phi) is 5.14. The highest BCUT2D eigenvalue weighted by Crippen LogP contribution is 2.45. The Morgan fingerprint density at radius 1 is 0.885 bits per heavy atom. The number of ketones is 1. The van der Waals surface area contributed by atoms with Crippen molar-refractivity contribution in [1.29, 1.82) is 0 Å². The van der Waals surface area contributed by atoms with Crippen LogP contribution in [-0.2, 0) is 6.42 Å². The van der Waals surface area contributed by atoms with Crippen molar-refractivity contribution < 1.29 is 4.79 Å². The number of Topliss-reactive ketones (excluding diaryl/α,β-unsaturated/α-hetero) is 1. The third-order valence-electron chi connectivity index (χ3n) is 4.91. The number of fused-ring (bicyclic) bond motifs is 1. The van der Waals surface area contributed by atoms with Crippen LogP contribution in [0.5, 0.6) is 0 Å². The van der Waals surface area contributed by atoms with E-state index in [4.69, 9.17) is 11.6 Å². The number of aryl methyl sites for hydroxylation is 1. The molecule has 4 rings (SSSR count). The minimum absolute atomic E-state index is 0.0312. The lowest BCUT2D eigenvalue weighted by atomic mass is 9.79. The van der Waals surface area contributed by atoms with Crippen LogP contribution >= 0.6 is 23.4 Å². The minimum Gasteiger partial charge on any atom is -0.294 e. The van der Waals surface area contributed by atoms with Gasteiger partial charge in [-0.25, -0.2) is 0 Å². The predicted molar refractivity (Wildman–Crippen MR) is 109 cm³/mol. The number of carbonyl (C=O) groups excluding carboxylic acids is 1. The quantitative estimate of drug-likeness (QED) is 0.474. The van der Waals surface area contributed by atoms with Crippen LogP contribution < -0.4 is 0 Å². The fourth-order valence-electron chi connectivity index (χ4n) is 3.59. The third-order valence-corrected chi connectivity index (χ3v) is 6.57. The molecule has 0 N–H and O–H groups in total. The summed E-state index contributed by atoms with van der Waals surface area (Å²) < 4.78 is 0. The molecule has 0 unspecified atom stereocenters. The Labute approximate surface area is 163 Å². The van der Waals surface area contributed by atoms with Gasteiger partial charge in [0.2, 0.25) is 0 Å². The maximum absolute atomic E-state index is 13.2. The van der Waals surface area contributed by atoms with E-state index < -0.39 is 0 Å². The second kappa shape index (κ2) is 7.69. The number of hydrogen-bond acceptors (Lipinski definition) is 2. The largest absolute Gasteiger partial charge is 0.294 e. The Morgan fingerprint density at radius 3 is 2.35 bits per heavy atom. The molecule has 2 atom stereocenters. The first-order chi connectivity index (χ1) is 12.7. The zero-order valence-electron chi connectivity index (χ0n) is 14.3. The van der Waals surface area contributed by atoms with E-state index in [-0.39, 0.29) is 17.0 Å². The number of benzene rings is 3. The van der Waals surface area contributed by atoms with Crippen molar-refractivity contribution in [3.63, 3.8) is 0 Å². The minimum atomic E-state index is -0.0312. The molecule has 0 radical (unpaired) electrons.